The van der Waals surface area contributed by atoms with Gasteiger partial charge in [0.1, 0.15) is 0 Å². The predicted molar refractivity (Wildman–Crippen MR) is 171 cm³/mol. The molecule has 0 heterocycles. The predicted octanol–water partition coefficient (Wildman–Crippen LogP) is 7.03. The molecule has 0 radical (unpaired) electrons. The van der Waals surface area contributed by atoms with Crippen molar-refractivity contribution in [1.29, 1.82) is 0 Å². The molecule has 1 aliphatic carbocycles. The van der Waals surface area contributed by atoms with E-state index in [1.807, 2.05) is 66.7 Å². The van der Waals surface area contributed by atoms with Crippen LogP contribution < -0.4 is 0 Å². The zero-order valence-corrected chi connectivity index (χ0v) is 25.5. The lowest BCUT2D eigenvalue weighted by atomic mass is 9.98. The third-order valence-electron chi connectivity index (χ3n) is 7.98. The Bertz CT molecular complexity index is 1290. The van der Waals surface area contributed by atoms with E-state index in [0.717, 1.165) is 85.5 Å². The topological polar surface area (TPSA) is 59.1 Å². The van der Waals surface area contributed by atoms with E-state index in [-0.39, 0.29) is 11.9 Å². The first kappa shape index (κ1) is 31.2. The lowest BCUT2D eigenvalue weighted by molar-refractivity contribution is 0.0480. The number of rotatable bonds is 15. The summed E-state index contributed by atoms with van der Waals surface area (Å²) in [5, 5.41) is 0. The highest BCUT2D eigenvalue weighted by Gasteiger charge is 2.26. The monoisotopic (exact) mass is 568 g/mol. The van der Waals surface area contributed by atoms with Gasteiger partial charge in [-0.25, -0.2) is 9.59 Å². The van der Waals surface area contributed by atoms with Crippen LogP contribution >= 0.6 is 0 Å². The van der Waals surface area contributed by atoms with E-state index < -0.39 is 0 Å². The van der Waals surface area contributed by atoms with E-state index in [0.29, 0.717) is 24.3 Å². The van der Waals surface area contributed by atoms with Gasteiger partial charge < -0.3 is 19.3 Å². The highest BCUT2D eigenvalue weighted by atomic mass is 16.5. The van der Waals surface area contributed by atoms with Gasteiger partial charge >= 0.3 is 11.9 Å². The molecular weight excluding hydrogens is 524 g/mol. The van der Waals surface area contributed by atoms with Gasteiger partial charge in [0.25, 0.3) is 0 Å². The summed E-state index contributed by atoms with van der Waals surface area (Å²) in [6, 6.07) is 21.6. The number of carbonyl (C=O) groups is 2. The Morgan fingerprint density at radius 3 is 1.50 bits per heavy atom. The van der Waals surface area contributed by atoms with Crippen molar-refractivity contribution < 1.29 is 19.1 Å². The zero-order chi connectivity index (χ0) is 29.9. The summed E-state index contributed by atoms with van der Waals surface area (Å²) in [5.74, 6) is -0.636. The van der Waals surface area contributed by atoms with E-state index >= 15 is 0 Å². The summed E-state index contributed by atoms with van der Waals surface area (Å²) in [6.07, 6.45) is 3.72. The fourth-order valence-corrected chi connectivity index (χ4v) is 5.43. The Labute approximate surface area is 250 Å². The minimum Gasteiger partial charge on any atom is -0.462 e. The van der Waals surface area contributed by atoms with Gasteiger partial charge in [-0.05, 0) is 103 Å². The quantitative estimate of drug-likeness (QED) is 0.113. The van der Waals surface area contributed by atoms with Crippen molar-refractivity contribution >= 4 is 23.6 Å². The standard InChI is InChI=1S/C36H44N2O4/c1-5-37(6-2)20-12-22-41-35(39)28-16-18-30-31-19-17-29(36(40)42-23-13-21-38(7-3)8-4)26-34(31)32(33(30)25-28)24-27-14-10-9-11-15-27/h9-11,14-19,24-26H,5-8,12-13,20-23H2,1-4H3. The highest BCUT2D eigenvalue weighted by molar-refractivity contribution is 6.09. The van der Waals surface area contributed by atoms with Crippen molar-refractivity contribution in [3.63, 3.8) is 0 Å². The molecule has 42 heavy (non-hydrogen) atoms. The molecule has 0 saturated heterocycles. The van der Waals surface area contributed by atoms with E-state index in [2.05, 4.69) is 43.6 Å². The normalized spacial score (nSPS) is 11.9. The molecule has 3 aromatic rings. The molecule has 0 saturated carbocycles. The van der Waals surface area contributed by atoms with Gasteiger partial charge in [-0.2, -0.15) is 0 Å². The summed E-state index contributed by atoms with van der Waals surface area (Å²) in [7, 11) is 0. The minimum atomic E-state index is -0.318. The average Bonchev–Trinajstić information content (AvgIpc) is 3.33. The molecule has 1 aliphatic rings. The van der Waals surface area contributed by atoms with Crippen LogP contribution in [0.5, 0.6) is 0 Å². The third-order valence-corrected chi connectivity index (χ3v) is 7.98. The van der Waals surface area contributed by atoms with Crippen LogP contribution in [0, 0.1) is 0 Å². The Kier molecular flexibility index (Phi) is 11.5. The SMILES string of the molecule is CCN(CC)CCCOC(=O)c1ccc2c(c1)C(=Cc1ccccc1)c1cc(C(=O)OCCCN(CC)CC)ccc1-2. The second-order valence-corrected chi connectivity index (χ2v) is 10.5. The lowest BCUT2D eigenvalue weighted by Gasteiger charge is -2.17. The van der Waals surface area contributed by atoms with Crippen LogP contribution in [-0.2, 0) is 9.47 Å². The van der Waals surface area contributed by atoms with Gasteiger partial charge in [0.05, 0.1) is 24.3 Å². The number of benzene rings is 3. The number of hydrogen-bond donors (Lipinski definition) is 0. The van der Waals surface area contributed by atoms with E-state index in [1.54, 1.807) is 0 Å². The molecule has 6 nitrogen and oxygen atoms in total. The number of ether oxygens (including phenoxy) is 2. The second-order valence-electron chi connectivity index (χ2n) is 10.5. The molecule has 0 spiro atoms. The van der Waals surface area contributed by atoms with E-state index in [1.165, 1.54) is 0 Å². The first-order valence-electron chi connectivity index (χ1n) is 15.3. The smallest absolute Gasteiger partial charge is 0.338 e. The van der Waals surface area contributed by atoms with Crippen molar-refractivity contribution in [1.82, 2.24) is 9.80 Å². The third kappa shape index (κ3) is 7.75. The molecule has 0 fully saturated rings. The van der Waals surface area contributed by atoms with Gasteiger partial charge in [0.15, 0.2) is 0 Å². The zero-order valence-electron chi connectivity index (χ0n) is 25.5. The van der Waals surface area contributed by atoms with Gasteiger partial charge in [-0.1, -0.05) is 70.2 Å². The summed E-state index contributed by atoms with van der Waals surface area (Å²) in [4.78, 5) is 30.6. The van der Waals surface area contributed by atoms with Crippen LogP contribution in [0.3, 0.4) is 0 Å². The summed E-state index contributed by atoms with van der Waals surface area (Å²) < 4.78 is 11.3. The van der Waals surface area contributed by atoms with Gasteiger partial charge in [-0.3, -0.25) is 0 Å². The van der Waals surface area contributed by atoms with E-state index in [9.17, 15) is 9.59 Å². The number of hydrogen-bond acceptors (Lipinski definition) is 6. The molecule has 0 atom stereocenters. The molecule has 0 N–H and O–H groups in total. The van der Waals surface area contributed by atoms with Crippen molar-refractivity contribution in [3.8, 4) is 11.1 Å². The molecule has 222 valence electrons. The molecule has 0 aliphatic heterocycles. The van der Waals surface area contributed by atoms with Crippen LogP contribution in [-0.4, -0.2) is 74.2 Å². The molecule has 0 amide bonds. The Morgan fingerprint density at radius 1 is 0.619 bits per heavy atom. The maximum absolute atomic E-state index is 13.0. The highest BCUT2D eigenvalue weighted by Crippen LogP contribution is 2.46. The maximum atomic E-state index is 13.0. The van der Waals surface area contributed by atoms with Crippen molar-refractivity contribution in [2.24, 2.45) is 0 Å². The Balaban J connectivity index is 1.55. The van der Waals surface area contributed by atoms with Gasteiger partial charge in [0, 0.05) is 13.1 Å². The molecule has 0 unspecified atom stereocenters. The van der Waals surface area contributed by atoms with Crippen LogP contribution in [0.2, 0.25) is 0 Å². The molecule has 0 aromatic heterocycles. The number of esters is 2. The van der Waals surface area contributed by atoms with Crippen molar-refractivity contribution in [2.75, 3.05) is 52.5 Å². The minimum absolute atomic E-state index is 0.318. The van der Waals surface area contributed by atoms with Gasteiger partial charge in [-0.15, -0.1) is 0 Å². The largest absolute Gasteiger partial charge is 0.462 e. The molecular formula is C36H44N2O4. The average molecular weight is 569 g/mol. The number of fused-ring (bicyclic) bond motifs is 3. The summed E-state index contributed by atoms with van der Waals surface area (Å²) in [6.45, 7) is 15.1. The van der Waals surface area contributed by atoms with Crippen molar-refractivity contribution in [3.05, 3.63) is 94.5 Å². The van der Waals surface area contributed by atoms with E-state index in [4.69, 9.17) is 9.47 Å². The summed E-state index contributed by atoms with van der Waals surface area (Å²) in [5.41, 5.74) is 7.03. The van der Waals surface area contributed by atoms with Crippen LogP contribution in [0.25, 0.3) is 22.8 Å². The van der Waals surface area contributed by atoms with Crippen molar-refractivity contribution in [2.45, 2.75) is 40.5 Å². The molecule has 4 rings (SSSR count). The number of nitrogens with zero attached hydrogens (tertiary/aromatic N) is 2. The first-order valence-corrected chi connectivity index (χ1v) is 15.3. The molecule has 6 heteroatoms. The maximum Gasteiger partial charge on any atom is 0.338 e. The first-order chi connectivity index (χ1) is 20.5. The second kappa shape index (κ2) is 15.5. The molecule has 0 bridgehead atoms. The van der Waals surface area contributed by atoms with Crippen LogP contribution in [0.4, 0.5) is 0 Å². The number of carbonyl (C=O) groups excluding carboxylic acids is 2. The van der Waals surface area contributed by atoms with Crippen LogP contribution in [0.1, 0.15) is 77.9 Å². The molecule has 3 aromatic carbocycles. The Morgan fingerprint density at radius 2 is 1.07 bits per heavy atom. The fourth-order valence-electron chi connectivity index (χ4n) is 5.43. The fraction of sp³-hybridized carbons (Fsp3) is 0.389. The Hall–Kier alpha value is -3.74. The lowest BCUT2D eigenvalue weighted by Crippen LogP contribution is -2.25. The summed E-state index contributed by atoms with van der Waals surface area (Å²) >= 11 is 0. The van der Waals surface area contributed by atoms with Crippen LogP contribution in [0.15, 0.2) is 66.7 Å². The van der Waals surface area contributed by atoms with Gasteiger partial charge in [0.2, 0.25) is 0 Å².